The molecule has 2 aromatic rings. The lowest BCUT2D eigenvalue weighted by Gasteiger charge is -2.34. The summed E-state index contributed by atoms with van der Waals surface area (Å²) in [7, 11) is 2.11. The summed E-state index contributed by atoms with van der Waals surface area (Å²) >= 11 is 0. The smallest absolute Gasteiger partial charge is 0.232 e. The summed E-state index contributed by atoms with van der Waals surface area (Å²) in [5, 5.41) is 4.38. The molecule has 0 saturated carbocycles. The Kier molecular flexibility index (Phi) is 7.70. The molecule has 2 heterocycles. The highest BCUT2D eigenvalue weighted by Gasteiger charge is 2.29. The predicted molar refractivity (Wildman–Crippen MR) is 121 cm³/mol. The van der Waals surface area contributed by atoms with Gasteiger partial charge in [0, 0.05) is 44.2 Å². The first kappa shape index (κ1) is 23.3. The van der Waals surface area contributed by atoms with Gasteiger partial charge in [-0.2, -0.15) is 0 Å². The molecule has 0 bridgehead atoms. The molecule has 170 valence electrons. The van der Waals surface area contributed by atoms with E-state index >= 15 is 0 Å². The molecule has 3 rings (SSSR count). The van der Waals surface area contributed by atoms with Crippen molar-refractivity contribution in [2.75, 3.05) is 38.1 Å². The number of piperazine rings is 1. The van der Waals surface area contributed by atoms with Crippen LogP contribution >= 0.6 is 0 Å². The topological polar surface area (TPSA) is 52.8 Å². The van der Waals surface area contributed by atoms with Crippen molar-refractivity contribution < 1.29 is 13.7 Å². The number of carbonyl (C=O) groups excluding carboxylic acids is 1. The number of hydrogen-bond donors (Lipinski definition) is 0. The molecular formula is C24H35FN4O2. The lowest BCUT2D eigenvalue weighted by Crippen LogP contribution is -2.45. The van der Waals surface area contributed by atoms with Crippen molar-refractivity contribution in [3.05, 3.63) is 35.6 Å². The van der Waals surface area contributed by atoms with E-state index in [4.69, 9.17) is 4.52 Å². The molecule has 1 aliphatic heterocycles. The summed E-state index contributed by atoms with van der Waals surface area (Å²) < 4.78 is 19.4. The minimum atomic E-state index is -0.290. The van der Waals surface area contributed by atoms with Crippen LogP contribution in [0.1, 0.15) is 46.1 Å². The third-order valence-corrected chi connectivity index (χ3v) is 6.03. The van der Waals surface area contributed by atoms with Crippen molar-refractivity contribution >= 4 is 11.8 Å². The standard InChI is InChI=1S/C24H35FN4O2/c1-6-18(4)29(22(30)15-17(2)3)16-21-23(19-7-9-20(25)10-8-19)26-31-24(21)28-13-11-27(5)12-14-28/h7-10,17-18H,6,11-16H2,1-5H3/t18-/m0/s1. The first-order chi connectivity index (χ1) is 14.8. The zero-order valence-electron chi connectivity index (χ0n) is 19.4. The van der Waals surface area contributed by atoms with Crippen LogP contribution in [0.3, 0.4) is 0 Å². The van der Waals surface area contributed by atoms with Gasteiger partial charge < -0.3 is 19.2 Å². The Morgan fingerprint density at radius 3 is 2.39 bits per heavy atom. The Hall–Kier alpha value is -2.41. The Balaban J connectivity index is 2.00. The second kappa shape index (κ2) is 10.3. The van der Waals surface area contributed by atoms with Crippen LogP contribution in [0.4, 0.5) is 10.3 Å². The molecular weight excluding hydrogens is 395 g/mol. The van der Waals surface area contributed by atoms with Crippen LogP contribution < -0.4 is 4.90 Å². The average molecular weight is 431 g/mol. The Morgan fingerprint density at radius 1 is 1.16 bits per heavy atom. The van der Waals surface area contributed by atoms with E-state index in [2.05, 4.69) is 49.7 Å². The quantitative estimate of drug-likeness (QED) is 0.621. The molecule has 1 aromatic carbocycles. The van der Waals surface area contributed by atoms with E-state index in [1.807, 2.05) is 4.90 Å². The van der Waals surface area contributed by atoms with E-state index in [0.29, 0.717) is 18.7 Å². The van der Waals surface area contributed by atoms with Gasteiger partial charge in [-0.15, -0.1) is 0 Å². The van der Waals surface area contributed by atoms with Crippen LogP contribution in [0.5, 0.6) is 0 Å². The van der Waals surface area contributed by atoms with Gasteiger partial charge in [-0.3, -0.25) is 4.79 Å². The van der Waals surface area contributed by atoms with Crippen molar-refractivity contribution in [1.82, 2.24) is 15.0 Å². The van der Waals surface area contributed by atoms with Crippen molar-refractivity contribution in [2.45, 2.75) is 53.1 Å². The molecule has 1 fully saturated rings. The molecule has 0 aliphatic carbocycles. The van der Waals surface area contributed by atoms with E-state index in [-0.39, 0.29) is 23.7 Å². The summed E-state index contributed by atoms with van der Waals surface area (Å²) in [6.45, 7) is 12.3. The number of amides is 1. The number of carbonyl (C=O) groups is 1. The van der Waals surface area contributed by atoms with Crippen molar-refractivity contribution in [3.63, 3.8) is 0 Å². The third-order valence-electron chi connectivity index (χ3n) is 6.03. The molecule has 7 heteroatoms. The highest BCUT2D eigenvalue weighted by Crippen LogP contribution is 2.34. The molecule has 0 N–H and O–H groups in total. The van der Waals surface area contributed by atoms with Gasteiger partial charge in [-0.1, -0.05) is 25.9 Å². The van der Waals surface area contributed by atoms with Gasteiger partial charge in [0.15, 0.2) is 0 Å². The first-order valence-electron chi connectivity index (χ1n) is 11.3. The number of hydrogen-bond acceptors (Lipinski definition) is 5. The van der Waals surface area contributed by atoms with E-state index in [0.717, 1.165) is 49.6 Å². The van der Waals surface area contributed by atoms with Crippen molar-refractivity contribution in [2.24, 2.45) is 5.92 Å². The van der Waals surface area contributed by atoms with Crippen molar-refractivity contribution in [3.8, 4) is 11.3 Å². The van der Waals surface area contributed by atoms with Crippen LogP contribution in [-0.4, -0.2) is 60.1 Å². The van der Waals surface area contributed by atoms with E-state index in [1.165, 1.54) is 12.1 Å². The van der Waals surface area contributed by atoms with Gasteiger partial charge in [0.1, 0.15) is 11.5 Å². The minimum absolute atomic E-state index is 0.0996. The molecule has 0 spiro atoms. The summed E-state index contributed by atoms with van der Waals surface area (Å²) in [6, 6.07) is 6.39. The van der Waals surface area contributed by atoms with Crippen LogP contribution in [0.15, 0.2) is 28.8 Å². The molecule has 0 radical (unpaired) electrons. The summed E-state index contributed by atoms with van der Waals surface area (Å²) in [4.78, 5) is 19.5. The number of aromatic nitrogens is 1. The summed E-state index contributed by atoms with van der Waals surface area (Å²) in [6.07, 6.45) is 1.37. The molecule has 1 atom stereocenters. The van der Waals surface area contributed by atoms with Gasteiger partial charge in [-0.25, -0.2) is 4.39 Å². The highest BCUT2D eigenvalue weighted by molar-refractivity contribution is 5.78. The number of likely N-dealkylation sites (N-methyl/N-ethyl adjacent to an activating group) is 1. The molecule has 31 heavy (non-hydrogen) atoms. The Labute approximate surface area is 185 Å². The molecule has 1 aromatic heterocycles. The first-order valence-corrected chi connectivity index (χ1v) is 11.3. The molecule has 1 saturated heterocycles. The monoisotopic (exact) mass is 430 g/mol. The normalized spacial score (nSPS) is 16.0. The molecule has 0 unspecified atom stereocenters. The highest BCUT2D eigenvalue weighted by atomic mass is 19.1. The van der Waals surface area contributed by atoms with Gasteiger partial charge in [-0.05, 0) is 50.6 Å². The van der Waals surface area contributed by atoms with Gasteiger partial charge in [0.05, 0.1) is 12.1 Å². The maximum Gasteiger partial charge on any atom is 0.232 e. The van der Waals surface area contributed by atoms with Gasteiger partial charge >= 0.3 is 0 Å². The van der Waals surface area contributed by atoms with E-state index in [1.54, 1.807) is 12.1 Å². The number of benzene rings is 1. The second-order valence-electron chi connectivity index (χ2n) is 8.99. The fraction of sp³-hybridized carbons (Fsp3) is 0.583. The number of nitrogens with zero attached hydrogens (tertiary/aromatic N) is 4. The number of rotatable bonds is 8. The third kappa shape index (κ3) is 5.64. The van der Waals surface area contributed by atoms with E-state index in [9.17, 15) is 9.18 Å². The van der Waals surface area contributed by atoms with Gasteiger partial charge in [0.2, 0.25) is 11.8 Å². The maximum absolute atomic E-state index is 13.5. The van der Waals surface area contributed by atoms with E-state index < -0.39 is 0 Å². The van der Waals surface area contributed by atoms with Crippen LogP contribution in [0.25, 0.3) is 11.3 Å². The SMILES string of the molecule is CC[C@H](C)N(Cc1c(-c2ccc(F)cc2)noc1N1CCN(C)CC1)C(=O)CC(C)C. The number of anilines is 1. The fourth-order valence-corrected chi connectivity index (χ4v) is 3.88. The summed E-state index contributed by atoms with van der Waals surface area (Å²) in [5.74, 6) is 0.856. The second-order valence-corrected chi connectivity index (χ2v) is 8.99. The number of halogens is 1. The zero-order chi connectivity index (χ0) is 22.5. The largest absolute Gasteiger partial charge is 0.338 e. The lowest BCUT2D eigenvalue weighted by atomic mass is 10.0. The van der Waals surface area contributed by atoms with Crippen LogP contribution in [-0.2, 0) is 11.3 Å². The predicted octanol–water partition coefficient (Wildman–Crippen LogP) is 4.41. The molecule has 1 aliphatic rings. The van der Waals surface area contributed by atoms with Crippen LogP contribution in [0, 0.1) is 11.7 Å². The lowest BCUT2D eigenvalue weighted by molar-refractivity contribution is -0.134. The Bertz CT molecular complexity index is 857. The summed E-state index contributed by atoms with van der Waals surface area (Å²) in [5.41, 5.74) is 2.37. The molecule has 1 amide bonds. The minimum Gasteiger partial charge on any atom is -0.338 e. The zero-order valence-corrected chi connectivity index (χ0v) is 19.4. The maximum atomic E-state index is 13.5. The molecule has 6 nitrogen and oxygen atoms in total. The van der Waals surface area contributed by atoms with Gasteiger partial charge in [0.25, 0.3) is 0 Å². The fourth-order valence-electron chi connectivity index (χ4n) is 3.88. The van der Waals surface area contributed by atoms with Crippen LogP contribution in [0.2, 0.25) is 0 Å². The average Bonchev–Trinajstić information content (AvgIpc) is 3.15. The Morgan fingerprint density at radius 2 is 1.81 bits per heavy atom. The van der Waals surface area contributed by atoms with Crippen molar-refractivity contribution in [1.29, 1.82) is 0 Å².